The van der Waals surface area contributed by atoms with E-state index in [-0.39, 0.29) is 18.7 Å². The molecule has 8 heteroatoms. The number of esters is 1. The fourth-order valence-electron chi connectivity index (χ4n) is 3.16. The van der Waals surface area contributed by atoms with Crippen LogP contribution in [-0.4, -0.2) is 39.3 Å². The Morgan fingerprint density at radius 1 is 1.20 bits per heavy atom. The first-order valence-electron chi connectivity index (χ1n) is 7.59. The van der Waals surface area contributed by atoms with Crippen LogP contribution in [0.25, 0.3) is 0 Å². The fraction of sp³-hybridized carbons (Fsp3) is 0.412. The summed E-state index contributed by atoms with van der Waals surface area (Å²) in [6.07, 6.45) is -5.44. The molecule has 0 spiro atoms. The number of ether oxygens (including phenoxy) is 1. The molecule has 1 N–H and O–H groups in total. The summed E-state index contributed by atoms with van der Waals surface area (Å²) in [5, 5.41) is 10.2. The Labute approximate surface area is 141 Å². The average Bonchev–Trinajstić information content (AvgIpc) is 2.69. The van der Waals surface area contributed by atoms with E-state index >= 15 is 0 Å². The summed E-state index contributed by atoms with van der Waals surface area (Å²) in [5.41, 5.74) is -5.56. The van der Waals surface area contributed by atoms with Gasteiger partial charge >= 0.3 is 12.1 Å². The molecule has 0 aromatic heterocycles. The van der Waals surface area contributed by atoms with E-state index in [9.17, 15) is 27.9 Å². The van der Waals surface area contributed by atoms with Gasteiger partial charge in [-0.2, -0.15) is 13.2 Å². The van der Waals surface area contributed by atoms with Gasteiger partial charge in [-0.25, -0.2) is 4.79 Å². The minimum atomic E-state index is -5.34. The smallest absolute Gasteiger partial charge is 0.431 e. The van der Waals surface area contributed by atoms with Crippen LogP contribution in [0.1, 0.15) is 25.8 Å². The monoisotopic (exact) mass is 355 g/mol. The molecule has 0 fully saturated rings. The van der Waals surface area contributed by atoms with Crippen LogP contribution in [0.2, 0.25) is 0 Å². The highest BCUT2D eigenvalue weighted by Crippen LogP contribution is 2.49. The highest BCUT2D eigenvalue weighted by Gasteiger charge is 2.71. The number of cyclic esters (lactones) is 1. The number of hydrogen-bond donors (Lipinski definition) is 1. The first kappa shape index (κ1) is 17.5. The van der Waals surface area contributed by atoms with Gasteiger partial charge in [-0.3, -0.25) is 4.79 Å². The number of amides is 1. The lowest BCUT2D eigenvalue weighted by Crippen LogP contribution is -2.55. The van der Waals surface area contributed by atoms with Crippen LogP contribution in [0.5, 0.6) is 0 Å². The summed E-state index contributed by atoms with van der Waals surface area (Å²) in [6, 6.07) is 8.38. The summed E-state index contributed by atoms with van der Waals surface area (Å²) in [6.45, 7) is 2.88. The van der Waals surface area contributed by atoms with Gasteiger partial charge in [0, 0.05) is 12.1 Å². The van der Waals surface area contributed by atoms with Crippen molar-refractivity contribution in [2.24, 2.45) is 0 Å². The van der Waals surface area contributed by atoms with Crippen molar-refractivity contribution in [1.29, 1.82) is 0 Å². The number of benzene rings is 1. The van der Waals surface area contributed by atoms with Crippen molar-refractivity contribution in [3.05, 3.63) is 47.2 Å². The molecule has 0 saturated heterocycles. The SMILES string of the molecule is CC1(C)CC2=C(C(=O)O1)[C@](O)(C(F)(F)F)C(=O)N2Cc1ccccc1. The highest BCUT2D eigenvalue weighted by atomic mass is 19.4. The summed E-state index contributed by atoms with van der Waals surface area (Å²) >= 11 is 0. The predicted octanol–water partition coefficient (Wildman–Crippen LogP) is 2.30. The molecule has 3 rings (SSSR count). The Balaban J connectivity index is 2.13. The van der Waals surface area contributed by atoms with Gasteiger partial charge in [0.25, 0.3) is 11.5 Å². The third-order valence-corrected chi connectivity index (χ3v) is 4.29. The predicted molar refractivity (Wildman–Crippen MR) is 79.8 cm³/mol. The van der Waals surface area contributed by atoms with E-state index in [4.69, 9.17) is 4.74 Å². The Morgan fingerprint density at radius 3 is 2.36 bits per heavy atom. The van der Waals surface area contributed by atoms with E-state index in [1.54, 1.807) is 30.3 Å². The van der Waals surface area contributed by atoms with E-state index in [1.165, 1.54) is 13.8 Å². The first-order valence-corrected chi connectivity index (χ1v) is 7.59. The molecule has 0 unspecified atom stereocenters. The minimum Gasteiger partial charge on any atom is -0.456 e. The van der Waals surface area contributed by atoms with Crippen LogP contribution in [0, 0.1) is 0 Å². The number of carbonyl (C=O) groups excluding carboxylic acids is 2. The Morgan fingerprint density at radius 2 is 1.80 bits per heavy atom. The third kappa shape index (κ3) is 2.60. The molecule has 0 saturated carbocycles. The quantitative estimate of drug-likeness (QED) is 0.827. The second kappa shape index (κ2) is 5.32. The Kier molecular flexibility index (Phi) is 3.72. The van der Waals surface area contributed by atoms with Crippen LogP contribution < -0.4 is 0 Å². The zero-order valence-electron chi connectivity index (χ0n) is 13.6. The fourth-order valence-corrected chi connectivity index (χ4v) is 3.16. The van der Waals surface area contributed by atoms with Crippen molar-refractivity contribution in [2.45, 2.75) is 44.2 Å². The standard InChI is InChI=1S/C17H16F3NO4/c1-15(2)8-11-12(13(22)25-15)16(24,17(18,19)20)14(23)21(11)9-10-6-4-3-5-7-10/h3-7,24H,8-9H2,1-2H3/t16-/m1/s1. The van der Waals surface area contributed by atoms with E-state index in [1.807, 2.05) is 0 Å². The second-order valence-electron chi connectivity index (χ2n) is 6.73. The maximum absolute atomic E-state index is 13.5. The lowest BCUT2D eigenvalue weighted by atomic mass is 9.88. The molecule has 134 valence electrons. The molecule has 0 bridgehead atoms. The lowest BCUT2D eigenvalue weighted by Gasteiger charge is -2.33. The lowest BCUT2D eigenvalue weighted by molar-refractivity contribution is -0.240. The summed E-state index contributed by atoms with van der Waals surface area (Å²) in [5.74, 6) is -2.90. The topological polar surface area (TPSA) is 66.8 Å². The number of carbonyl (C=O) groups is 2. The largest absolute Gasteiger partial charge is 0.456 e. The van der Waals surface area contributed by atoms with Gasteiger partial charge in [0.2, 0.25) is 0 Å². The number of halogens is 3. The van der Waals surface area contributed by atoms with Crippen LogP contribution in [0.15, 0.2) is 41.6 Å². The Hall–Kier alpha value is -2.35. The van der Waals surface area contributed by atoms with Gasteiger partial charge in [-0.05, 0) is 19.4 Å². The molecule has 1 aromatic rings. The summed E-state index contributed by atoms with van der Waals surface area (Å²) < 4.78 is 45.5. The highest BCUT2D eigenvalue weighted by molar-refractivity contribution is 6.08. The average molecular weight is 355 g/mol. The van der Waals surface area contributed by atoms with Crippen LogP contribution in [-0.2, 0) is 20.9 Å². The molecule has 1 atom stereocenters. The zero-order chi connectivity index (χ0) is 18.6. The molecule has 1 amide bonds. The van der Waals surface area contributed by atoms with Gasteiger partial charge in [0.05, 0.1) is 6.54 Å². The normalized spacial score (nSPS) is 25.9. The zero-order valence-corrected chi connectivity index (χ0v) is 13.6. The number of nitrogens with zero attached hydrogens (tertiary/aromatic N) is 1. The van der Waals surface area contributed by atoms with Crippen molar-refractivity contribution < 1.29 is 32.6 Å². The second-order valence-corrected chi connectivity index (χ2v) is 6.73. The summed E-state index contributed by atoms with van der Waals surface area (Å²) in [4.78, 5) is 25.5. The number of rotatable bonds is 2. The molecule has 0 radical (unpaired) electrons. The van der Waals surface area contributed by atoms with Gasteiger partial charge < -0.3 is 14.7 Å². The first-order chi connectivity index (χ1) is 11.5. The maximum Gasteiger partial charge on any atom is 0.431 e. The molecular weight excluding hydrogens is 339 g/mol. The van der Waals surface area contributed by atoms with Crippen LogP contribution in [0.3, 0.4) is 0 Å². The molecule has 25 heavy (non-hydrogen) atoms. The number of hydrogen-bond acceptors (Lipinski definition) is 4. The van der Waals surface area contributed by atoms with E-state index in [0.29, 0.717) is 5.56 Å². The van der Waals surface area contributed by atoms with Crippen LogP contribution >= 0.6 is 0 Å². The molecule has 2 aliphatic rings. The van der Waals surface area contributed by atoms with Gasteiger partial charge in [0.1, 0.15) is 11.2 Å². The maximum atomic E-state index is 13.5. The van der Waals surface area contributed by atoms with Gasteiger partial charge in [0.15, 0.2) is 0 Å². The molecule has 0 aliphatic carbocycles. The Bertz CT molecular complexity index is 770. The minimum absolute atomic E-state index is 0.106. The number of aliphatic hydroxyl groups is 1. The van der Waals surface area contributed by atoms with Crippen molar-refractivity contribution in [1.82, 2.24) is 4.90 Å². The third-order valence-electron chi connectivity index (χ3n) is 4.29. The van der Waals surface area contributed by atoms with Crippen LogP contribution in [0.4, 0.5) is 13.2 Å². The van der Waals surface area contributed by atoms with Gasteiger partial charge in [-0.1, -0.05) is 30.3 Å². The molecule has 1 aromatic carbocycles. The van der Waals surface area contributed by atoms with E-state index < -0.39 is 34.8 Å². The molecule has 2 aliphatic heterocycles. The molecular formula is C17H16F3NO4. The number of alkyl halides is 3. The van der Waals surface area contributed by atoms with E-state index in [2.05, 4.69) is 0 Å². The molecule has 2 heterocycles. The van der Waals surface area contributed by atoms with Gasteiger partial charge in [-0.15, -0.1) is 0 Å². The molecule has 5 nitrogen and oxygen atoms in total. The van der Waals surface area contributed by atoms with Crippen molar-refractivity contribution >= 4 is 11.9 Å². The van der Waals surface area contributed by atoms with Crippen molar-refractivity contribution in [3.63, 3.8) is 0 Å². The summed E-state index contributed by atoms with van der Waals surface area (Å²) in [7, 11) is 0. The van der Waals surface area contributed by atoms with E-state index in [0.717, 1.165) is 4.90 Å². The van der Waals surface area contributed by atoms with Crippen molar-refractivity contribution in [3.8, 4) is 0 Å². The van der Waals surface area contributed by atoms with Crippen molar-refractivity contribution in [2.75, 3.05) is 0 Å².